The molecule has 0 aromatic heterocycles. The standard InChI is InChI=1S/C18H14Cl2N2O2/c1-2-18(23)22-6-5-12-3-4-16(20)17(9-12)24-15-8-13(11-21)7-14(19)10-15/h2-4,7-10H,1,5-6H2,(H,22,23). The van der Waals surface area contributed by atoms with Crippen molar-refractivity contribution < 1.29 is 9.53 Å². The molecule has 0 bridgehead atoms. The third-order valence-electron chi connectivity index (χ3n) is 3.12. The van der Waals surface area contributed by atoms with Gasteiger partial charge in [-0.1, -0.05) is 35.8 Å². The van der Waals surface area contributed by atoms with Crippen LogP contribution in [0.15, 0.2) is 49.1 Å². The maximum Gasteiger partial charge on any atom is 0.243 e. The third kappa shape index (κ3) is 5.02. The minimum Gasteiger partial charge on any atom is -0.456 e. The first-order chi connectivity index (χ1) is 11.5. The van der Waals surface area contributed by atoms with Gasteiger partial charge in [0, 0.05) is 11.6 Å². The number of carbonyl (C=O) groups is 1. The Morgan fingerprint density at radius 3 is 2.79 bits per heavy atom. The van der Waals surface area contributed by atoms with Crippen molar-refractivity contribution in [1.29, 1.82) is 5.26 Å². The smallest absolute Gasteiger partial charge is 0.243 e. The van der Waals surface area contributed by atoms with Crippen LogP contribution in [0.4, 0.5) is 0 Å². The van der Waals surface area contributed by atoms with Gasteiger partial charge in [0.15, 0.2) is 0 Å². The summed E-state index contributed by atoms with van der Waals surface area (Å²) in [4.78, 5) is 11.1. The highest BCUT2D eigenvalue weighted by molar-refractivity contribution is 6.32. The SMILES string of the molecule is C=CC(=O)NCCc1ccc(Cl)c(Oc2cc(Cl)cc(C#N)c2)c1. The Morgan fingerprint density at radius 1 is 1.29 bits per heavy atom. The fraction of sp³-hybridized carbons (Fsp3) is 0.111. The van der Waals surface area contributed by atoms with Gasteiger partial charge >= 0.3 is 0 Å². The van der Waals surface area contributed by atoms with Gasteiger partial charge in [0.05, 0.1) is 16.7 Å². The van der Waals surface area contributed by atoms with Crippen molar-refractivity contribution in [3.8, 4) is 17.6 Å². The summed E-state index contributed by atoms with van der Waals surface area (Å²) in [5.41, 5.74) is 1.35. The van der Waals surface area contributed by atoms with Gasteiger partial charge in [-0.15, -0.1) is 0 Å². The molecule has 0 saturated heterocycles. The predicted molar refractivity (Wildman–Crippen MR) is 94.6 cm³/mol. The molecule has 0 saturated carbocycles. The van der Waals surface area contributed by atoms with Crippen molar-refractivity contribution >= 4 is 29.1 Å². The Labute approximate surface area is 150 Å². The third-order valence-corrected chi connectivity index (χ3v) is 3.65. The molecule has 1 N–H and O–H groups in total. The summed E-state index contributed by atoms with van der Waals surface area (Å²) in [5.74, 6) is 0.664. The number of hydrogen-bond donors (Lipinski definition) is 1. The molecular formula is C18H14Cl2N2O2. The Balaban J connectivity index is 2.14. The minimum atomic E-state index is -0.219. The monoisotopic (exact) mass is 360 g/mol. The van der Waals surface area contributed by atoms with Crippen LogP contribution in [0.1, 0.15) is 11.1 Å². The zero-order valence-electron chi connectivity index (χ0n) is 12.7. The highest BCUT2D eigenvalue weighted by Gasteiger charge is 2.07. The van der Waals surface area contributed by atoms with E-state index in [0.717, 1.165) is 5.56 Å². The fourth-order valence-electron chi connectivity index (χ4n) is 2.00. The lowest BCUT2D eigenvalue weighted by atomic mass is 10.1. The highest BCUT2D eigenvalue weighted by atomic mass is 35.5. The summed E-state index contributed by atoms with van der Waals surface area (Å²) < 4.78 is 5.75. The van der Waals surface area contributed by atoms with Crippen molar-refractivity contribution in [2.24, 2.45) is 0 Å². The second-order valence-corrected chi connectivity index (χ2v) is 5.74. The molecule has 0 fully saturated rings. The quantitative estimate of drug-likeness (QED) is 0.771. The van der Waals surface area contributed by atoms with Crippen LogP contribution in [-0.4, -0.2) is 12.5 Å². The Kier molecular flexibility index (Phi) is 6.25. The number of hydrogen-bond acceptors (Lipinski definition) is 3. The number of nitrogens with zero attached hydrogens (tertiary/aromatic N) is 1. The van der Waals surface area contributed by atoms with Crippen LogP contribution in [0, 0.1) is 11.3 Å². The van der Waals surface area contributed by atoms with Gasteiger partial charge in [-0.25, -0.2) is 0 Å². The lowest BCUT2D eigenvalue weighted by Crippen LogP contribution is -2.23. The van der Waals surface area contributed by atoms with Gasteiger partial charge < -0.3 is 10.1 Å². The first-order valence-corrected chi connectivity index (χ1v) is 7.84. The largest absolute Gasteiger partial charge is 0.456 e. The number of rotatable bonds is 6. The number of nitriles is 1. The maximum atomic E-state index is 11.1. The van der Waals surface area contributed by atoms with Crippen LogP contribution in [0.3, 0.4) is 0 Å². The molecule has 24 heavy (non-hydrogen) atoms. The number of ether oxygens (including phenoxy) is 1. The van der Waals surface area contributed by atoms with E-state index in [1.807, 2.05) is 12.1 Å². The van der Waals surface area contributed by atoms with E-state index >= 15 is 0 Å². The van der Waals surface area contributed by atoms with E-state index in [1.54, 1.807) is 30.3 Å². The topological polar surface area (TPSA) is 62.1 Å². The Morgan fingerprint density at radius 2 is 2.08 bits per heavy atom. The summed E-state index contributed by atoms with van der Waals surface area (Å²) in [5, 5.41) is 12.5. The molecule has 2 aromatic rings. The molecule has 0 aliphatic heterocycles. The van der Waals surface area contributed by atoms with Crippen LogP contribution in [0.5, 0.6) is 11.5 Å². The molecule has 0 unspecified atom stereocenters. The summed E-state index contributed by atoms with van der Waals surface area (Å²) in [6.45, 7) is 3.87. The van der Waals surface area contributed by atoms with E-state index in [-0.39, 0.29) is 5.91 Å². The molecule has 2 rings (SSSR count). The van der Waals surface area contributed by atoms with E-state index < -0.39 is 0 Å². The minimum absolute atomic E-state index is 0.219. The van der Waals surface area contributed by atoms with Crippen LogP contribution in [-0.2, 0) is 11.2 Å². The van der Waals surface area contributed by atoms with E-state index in [0.29, 0.717) is 40.1 Å². The summed E-state index contributed by atoms with van der Waals surface area (Å²) >= 11 is 12.1. The molecule has 122 valence electrons. The summed E-state index contributed by atoms with van der Waals surface area (Å²) in [6.07, 6.45) is 1.84. The lowest BCUT2D eigenvalue weighted by molar-refractivity contribution is -0.116. The van der Waals surface area contributed by atoms with E-state index in [4.69, 9.17) is 33.2 Å². The fourth-order valence-corrected chi connectivity index (χ4v) is 2.38. The van der Waals surface area contributed by atoms with Crippen LogP contribution in [0.2, 0.25) is 10.0 Å². The molecule has 6 heteroatoms. The summed E-state index contributed by atoms with van der Waals surface area (Å²) in [7, 11) is 0. The first-order valence-electron chi connectivity index (χ1n) is 7.09. The second-order valence-electron chi connectivity index (χ2n) is 4.90. The second kappa shape index (κ2) is 8.39. The zero-order valence-corrected chi connectivity index (χ0v) is 14.2. The molecule has 0 aliphatic carbocycles. The average molecular weight is 361 g/mol. The molecule has 0 radical (unpaired) electrons. The van der Waals surface area contributed by atoms with Crippen molar-refractivity contribution in [2.75, 3.05) is 6.54 Å². The molecular weight excluding hydrogens is 347 g/mol. The number of nitrogens with one attached hydrogen (secondary N) is 1. The van der Waals surface area contributed by atoms with Crippen LogP contribution >= 0.6 is 23.2 Å². The van der Waals surface area contributed by atoms with Gasteiger partial charge in [-0.3, -0.25) is 4.79 Å². The van der Waals surface area contributed by atoms with Crippen molar-refractivity contribution in [2.45, 2.75) is 6.42 Å². The number of halogens is 2. The molecule has 0 aliphatic rings. The summed E-state index contributed by atoms with van der Waals surface area (Å²) in [6, 6.07) is 12.1. The van der Waals surface area contributed by atoms with Gasteiger partial charge in [0.2, 0.25) is 5.91 Å². The molecule has 2 aromatic carbocycles. The van der Waals surface area contributed by atoms with Crippen LogP contribution in [0.25, 0.3) is 0 Å². The molecule has 0 spiro atoms. The van der Waals surface area contributed by atoms with Crippen molar-refractivity contribution in [3.05, 3.63) is 70.2 Å². The number of benzene rings is 2. The van der Waals surface area contributed by atoms with Gasteiger partial charge in [0.1, 0.15) is 11.5 Å². The molecule has 0 atom stereocenters. The van der Waals surface area contributed by atoms with Gasteiger partial charge in [0.25, 0.3) is 0 Å². The first kappa shape index (κ1) is 17.9. The van der Waals surface area contributed by atoms with Crippen LogP contribution < -0.4 is 10.1 Å². The van der Waals surface area contributed by atoms with Crippen molar-refractivity contribution in [1.82, 2.24) is 5.32 Å². The lowest BCUT2D eigenvalue weighted by Gasteiger charge is -2.11. The zero-order chi connectivity index (χ0) is 17.5. The van der Waals surface area contributed by atoms with E-state index in [9.17, 15) is 4.79 Å². The Hall–Kier alpha value is -2.48. The highest BCUT2D eigenvalue weighted by Crippen LogP contribution is 2.32. The van der Waals surface area contributed by atoms with Gasteiger partial charge in [-0.2, -0.15) is 5.26 Å². The van der Waals surface area contributed by atoms with E-state index in [2.05, 4.69) is 11.9 Å². The number of amides is 1. The molecule has 0 heterocycles. The van der Waals surface area contributed by atoms with Gasteiger partial charge in [-0.05, 0) is 48.4 Å². The molecule has 1 amide bonds. The normalized spacial score (nSPS) is 9.88. The molecule has 4 nitrogen and oxygen atoms in total. The van der Waals surface area contributed by atoms with Crippen molar-refractivity contribution in [3.63, 3.8) is 0 Å². The predicted octanol–water partition coefficient (Wildman–Crippen LogP) is 4.50. The Bertz CT molecular complexity index is 813. The average Bonchev–Trinajstić information content (AvgIpc) is 2.57. The number of carbonyl (C=O) groups excluding carboxylic acids is 1. The van der Waals surface area contributed by atoms with E-state index in [1.165, 1.54) is 6.08 Å². The maximum absolute atomic E-state index is 11.1.